The molecule has 1 heteroatoms. The molecule has 0 fully saturated rings. The normalized spacial score (nSPS) is 11.4. The lowest BCUT2D eigenvalue weighted by atomic mass is 10.1. The van der Waals surface area contributed by atoms with Gasteiger partial charge in [-0.05, 0) is 51.4 Å². The predicted molar refractivity (Wildman–Crippen MR) is 85.0 cm³/mol. The number of nitrogens with zero attached hydrogens (tertiary/aromatic N) is 1. The molecule has 0 aromatic carbocycles. The highest BCUT2D eigenvalue weighted by Gasteiger charge is 1.88. The SMILES string of the molecule is CC/C=C\CCCCCC/C=C/CCCCCC#N. The minimum Gasteiger partial charge on any atom is -0.198 e. The molecule has 0 bridgehead atoms. The number of hydrogen-bond acceptors (Lipinski definition) is 1. The van der Waals surface area contributed by atoms with E-state index in [1.165, 1.54) is 64.2 Å². The van der Waals surface area contributed by atoms with Crippen LogP contribution in [0.25, 0.3) is 0 Å². The topological polar surface area (TPSA) is 23.8 Å². The van der Waals surface area contributed by atoms with Gasteiger partial charge in [0.15, 0.2) is 0 Å². The van der Waals surface area contributed by atoms with Gasteiger partial charge in [-0.2, -0.15) is 5.26 Å². The molecule has 0 unspecified atom stereocenters. The van der Waals surface area contributed by atoms with Crippen LogP contribution in [0.4, 0.5) is 0 Å². The molecule has 0 aromatic rings. The fraction of sp³-hybridized carbons (Fsp3) is 0.722. The summed E-state index contributed by atoms with van der Waals surface area (Å²) < 4.78 is 0. The molecule has 0 spiro atoms. The Morgan fingerprint density at radius 3 is 1.63 bits per heavy atom. The molecule has 0 aliphatic rings. The first-order valence-electron chi connectivity index (χ1n) is 8.08. The predicted octanol–water partition coefficient (Wildman–Crippen LogP) is 6.32. The maximum atomic E-state index is 8.40. The molecule has 0 N–H and O–H groups in total. The monoisotopic (exact) mass is 261 g/mol. The third-order valence-electron chi connectivity index (χ3n) is 3.22. The molecule has 0 atom stereocenters. The number of hydrogen-bond donors (Lipinski definition) is 0. The lowest BCUT2D eigenvalue weighted by molar-refractivity contribution is 0.650. The van der Waals surface area contributed by atoms with Crippen LogP contribution in [0.2, 0.25) is 0 Å². The Labute approximate surface area is 120 Å². The number of rotatable bonds is 13. The second kappa shape index (κ2) is 17.0. The van der Waals surface area contributed by atoms with Crippen molar-refractivity contribution >= 4 is 0 Å². The zero-order valence-corrected chi connectivity index (χ0v) is 12.7. The molecule has 0 radical (unpaired) electrons. The van der Waals surface area contributed by atoms with Crippen molar-refractivity contribution in [1.29, 1.82) is 5.26 Å². The average Bonchev–Trinajstić information content (AvgIpc) is 2.43. The van der Waals surface area contributed by atoms with Crippen molar-refractivity contribution in [1.82, 2.24) is 0 Å². The summed E-state index contributed by atoms with van der Waals surface area (Å²) in [6.45, 7) is 2.19. The van der Waals surface area contributed by atoms with Gasteiger partial charge in [-0.3, -0.25) is 0 Å². The van der Waals surface area contributed by atoms with E-state index in [0.29, 0.717) is 0 Å². The maximum absolute atomic E-state index is 8.40. The van der Waals surface area contributed by atoms with Crippen LogP contribution >= 0.6 is 0 Å². The van der Waals surface area contributed by atoms with Gasteiger partial charge in [0.1, 0.15) is 0 Å². The average molecular weight is 261 g/mol. The van der Waals surface area contributed by atoms with Gasteiger partial charge in [0.05, 0.1) is 6.07 Å². The standard InChI is InChI=1S/C18H31N/c1-2-3-4-5-6-7-8-9-10-11-12-13-14-15-16-17-18-19/h3-4,11-12H,2,5-10,13-17H2,1H3/b4-3-,12-11+. The van der Waals surface area contributed by atoms with Gasteiger partial charge in [-0.15, -0.1) is 0 Å². The summed E-state index contributed by atoms with van der Waals surface area (Å²) in [5.74, 6) is 0. The van der Waals surface area contributed by atoms with E-state index in [0.717, 1.165) is 12.8 Å². The third-order valence-corrected chi connectivity index (χ3v) is 3.22. The Morgan fingerprint density at radius 2 is 1.16 bits per heavy atom. The number of allylic oxidation sites excluding steroid dienone is 4. The van der Waals surface area contributed by atoms with Gasteiger partial charge in [0.2, 0.25) is 0 Å². The first-order chi connectivity index (χ1) is 9.41. The van der Waals surface area contributed by atoms with E-state index in [4.69, 9.17) is 5.26 Å². The van der Waals surface area contributed by atoms with Crippen molar-refractivity contribution < 1.29 is 0 Å². The van der Waals surface area contributed by atoms with E-state index in [9.17, 15) is 0 Å². The maximum Gasteiger partial charge on any atom is 0.0621 e. The van der Waals surface area contributed by atoms with Crippen LogP contribution in [-0.4, -0.2) is 0 Å². The molecule has 0 heterocycles. The van der Waals surface area contributed by atoms with Crippen LogP contribution in [0.3, 0.4) is 0 Å². The molecule has 108 valence electrons. The molecule has 19 heavy (non-hydrogen) atoms. The number of nitriles is 1. The van der Waals surface area contributed by atoms with Gasteiger partial charge >= 0.3 is 0 Å². The van der Waals surface area contributed by atoms with E-state index < -0.39 is 0 Å². The van der Waals surface area contributed by atoms with Crippen LogP contribution in [0, 0.1) is 11.3 Å². The molecule has 1 nitrogen and oxygen atoms in total. The van der Waals surface area contributed by atoms with Gasteiger partial charge < -0.3 is 0 Å². The van der Waals surface area contributed by atoms with Gasteiger partial charge in [0, 0.05) is 6.42 Å². The highest BCUT2D eigenvalue weighted by Crippen LogP contribution is 2.08. The first-order valence-corrected chi connectivity index (χ1v) is 8.08. The molecular formula is C18H31N. The smallest absolute Gasteiger partial charge is 0.0621 e. The second-order valence-corrected chi connectivity index (χ2v) is 5.10. The lowest BCUT2D eigenvalue weighted by Gasteiger charge is -1.97. The second-order valence-electron chi connectivity index (χ2n) is 5.10. The molecule has 0 rings (SSSR count). The first kappa shape index (κ1) is 18.0. The molecular weight excluding hydrogens is 230 g/mol. The van der Waals surface area contributed by atoms with Crippen molar-refractivity contribution in [2.75, 3.05) is 0 Å². The Balaban J connectivity index is 3.09. The van der Waals surface area contributed by atoms with E-state index >= 15 is 0 Å². The highest BCUT2D eigenvalue weighted by molar-refractivity contribution is 4.82. The van der Waals surface area contributed by atoms with Crippen LogP contribution in [0.15, 0.2) is 24.3 Å². The van der Waals surface area contributed by atoms with Crippen LogP contribution in [-0.2, 0) is 0 Å². The minimum absolute atomic E-state index is 0.719. The Bertz CT molecular complexity index is 257. The van der Waals surface area contributed by atoms with Gasteiger partial charge in [0.25, 0.3) is 0 Å². The summed E-state index contributed by atoms with van der Waals surface area (Å²) in [6, 6.07) is 2.19. The Morgan fingerprint density at radius 1 is 0.684 bits per heavy atom. The molecule has 0 amide bonds. The summed E-state index contributed by atoms with van der Waals surface area (Å²) in [7, 11) is 0. The van der Waals surface area contributed by atoms with Crippen molar-refractivity contribution in [3.63, 3.8) is 0 Å². The van der Waals surface area contributed by atoms with Crippen molar-refractivity contribution in [3.05, 3.63) is 24.3 Å². The summed E-state index contributed by atoms with van der Waals surface area (Å²) >= 11 is 0. The van der Waals surface area contributed by atoms with Gasteiger partial charge in [-0.1, -0.05) is 50.5 Å². The third kappa shape index (κ3) is 17.0. The molecule has 0 aromatic heterocycles. The fourth-order valence-electron chi connectivity index (χ4n) is 2.04. The Hall–Kier alpha value is -1.03. The quantitative estimate of drug-likeness (QED) is 0.281. The molecule has 0 saturated carbocycles. The highest BCUT2D eigenvalue weighted by atomic mass is 14.2. The molecule has 0 saturated heterocycles. The summed E-state index contributed by atoms with van der Waals surface area (Å²) in [6.07, 6.45) is 23.7. The zero-order chi connectivity index (χ0) is 14.0. The van der Waals surface area contributed by atoms with Gasteiger partial charge in [-0.25, -0.2) is 0 Å². The van der Waals surface area contributed by atoms with E-state index in [1.807, 2.05) is 0 Å². The Kier molecular flexibility index (Phi) is 16.1. The van der Waals surface area contributed by atoms with Crippen LogP contribution < -0.4 is 0 Å². The summed E-state index contributed by atoms with van der Waals surface area (Å²) in [4.78, 5) is 0. The van der Waals surface area contributed by atoms with Crippen LogP contribution in [0.5, 0.6) is 0 Å². The summed E-state index contributed by atoms with van der Waals surface area (Å²) in [5.41, 5.74) is 0. The van der Waals surface area contributed by atoms with E-state index in [-0.39, 0.29) is 0 Å². The largest absolute Gasteiger partial charge is 0.198 e. The van der Waals surface area contributed by atoms with Crippen molar-refractivity contribution in [2.45, 2.75) is 84.0 Å². The van der Waals surface area contributed by atoms with E-state index in [1.54, 1.807) is 0 Å². The zero-order valence-electron chi connectivity index (χ0n) is 12.7. The minimum atomic E-state index is 0.719. The molecule has 0 aliphatic heterocycles. The van der Waals surface area contributed by atoms with Crippen molar-refractivity contribution in [2.24, 2.45) is 0 Å². The fourth-order valence-corrected chi connectivity index (χ4v) is 2.04. The van der Waals surface area contributed by atoms with Crippen molar-refractivity contribution in [3.8, 4) is 6.07 Å². The van der Waals surface area contributed by atoms with Crippen LogP contribution in [0.1, 0.15) is 84.0 Å². The lowest BCUT2D eigenvalue weighted by Crippen LogP contribution is -1.77. The van der Waals surface area contributed by atoms with E-state index in [2.05, 4.69) is 37.3 Å². The summed E-state index contributed by atoms with van der Waals surface area (Å²) in [5, 5.41) is 8.40. The number of unbranched alkanes of at least 4 members (excludes halogenated alkanes) is 9. The molecule has 0 aliphatic carbocycles.